The topological polar surface area (TPSA) is 92.9 Å². The van der Waals surface area contributed by atoms with Crippen LogP contribution >= 0.6 is 11.6 Å². The number of aromatic nitrogens is 2. The van der Waals surface area contributed by atoms with E-state index in [9.17, 15) is 4.21 Å². The van der Waals surface area contributed by atoms with E-state index in [4.69, 9.17) is 22.3 Å². The van der Waals surface area contributed by atoms with Gasteiger partial charge in [0.2, 0.25) is 5.95 Å². The molecule has 6 nitrogen and oxygen atoms in total. The molecule has 1 heterocycles. The Labute approximate surface area is 217 Å². The zero-order valence-corrected chi connectivity index (χ0v) is 21.4. The highest BCUT2D eigenvalue weighted by Gasteiger charge is 2.22. The normalized spacial score (nSPS) is 18.3. The maximum absolute atomic E-state index is 15.0. The molecule has 1 saturated carbocycles. The minimum Gasteiger partial charge on any atom is -0.351 e. The largest absolute Gasteiger partial charge is 0.351 e. The van der Waals surface area contributed by atoms with E-state index in [-0.39, 0.29) is 11.7 Å². The Morgan fingerprint density at radius 3 is 2.69 bits per heavy atom. The highest BCUT2D eigenvalue weighted by Crippen LogP contribution is 2.31. The number of hydrogen-bond donors (Lipinski definition) is 3. The molecule has 2 unspecified atom stereocenters. The second-order valence-corrected chi connectivity index (χ2v) is 10.6. The first-order valence-corrected chi connectivity index (χ1v) is 13.5. The predicted octanol–water partition coefficient (Wildman–Crippen LogP) is 6.08. The van der Waals surface area contributed by atoms with E-state index in [1.54, 1.807) is 42.6 Å². The Morgan fingerprint density at radius 2 is 1.97 bits per heavy atom. The molecular formula is C27H27ClFN5OS. The average molecular weight is 524 g/mol. The third kappa shape index (κ3) is 5.21. The van der Waals surface area contributed by atoms with Gasteiger partial charge in [0, 0.05) is 23.7 Å². The van der Waals surface area contributed by atoms with Crippen molar-refractivity contribution in [3.8, 4) is 11.1 Å². The van der Waals surface area contributed by atoms with Gasteiger partial charge < -0.3 is 11.1 Å². The van der Waals surface area contributed by atoms with Gasteiger partial charge in [0.25, 0.3) is 0 Å². The minimum atomic E-state index is -1.69. The summed E-state index contributed by atoms with van der Waals surface area (Å²) in [6, 6.07) is 16.1. The van der Waals surface area contributed by atoms with Crippen molar-refractivity contribution < 1.29 is 8.60 Å². The molecule has 3 aromatic carbocycles. The van der Waals surface area contributed by atoms with E-state index in [0.717, 1.165) is 47.7 Å². The second-order valence-electron chi connectivity index (χ2n) is 9.03. The summed E-state index contributed by atoms with van der Waals surface area (Å²) in [6.07, 6.45) is 5.53. The molecule has 0 radical (unpaired) electrons. The Bertz CT molecular complexity index is 1450. The lowest BCUT2D eigenvalue weighted by Crippen LogP contribution is -2.21. The molecule has 4 N–H and O–H groups in total. The van der Waals surface area contributed by atoms with Crippen LogP contribution < -0.4 is 15.8 Å². The smallest absolute Gasteiger partial charge is 0.223 e. The first-order chi connectivity index (χ1) is 17.4. The van der Waals surface area contributed by atoms with Gasteiger partial charge in [-0.25, -0.2) is 18.6 Å². The average Bonchev–Trinajstić information content (AvgIpc) is 3.29. The maximum Gasteiger partial charge on any atom is 0.223 e. The van der Waals surface area contributed by atoms with Gasteiger partial charge >= 0.3 is 0 Å². The second kappa shape index (κ2) is 10.5. The quantitative estimate of drug-likeness (QED) is 0.273. The lowest BCUT2D eigenvalue weighted by atomic mass is 9.98. The molecule has 1 aliphatic carbocycles. The molecule has 1 aliphatic rings. The number of nitrogens with one attached hydrogen (secondary N) is 2. The van der Waals surface area contributed by atoms with Crippen molar-refractivity contribution in [2.75, 3.05) is 10.0 Å². The summed E-state index contributed by atoms with van der Waals surface area (Å²) in [5, 5.41) is 4.66. The van der Waals surface area contributed by atoms with Crippen molar-refractivity contribution in [1.29, 1.82) is 0 Å². The van der Waals surface area contributed by atoms with E-state index in [1.165, 1.54) is 6.07 Å². The van der Waals surface area contributed by atoms with Crippen LogP contribution in [0.25, 0.3) is 22.0 Å². The van der Waals surface area contributed by atoms with Crippen molar-refractivity contribution >= 4 is 45.1 Å². The molecule has 0 saturated heterocycles. The van der Waals surface area contributed by atoms with Crippen LogP contribution in [-0.4, -0.2) is 26.3 Å². The molecule has 0 spiro atoms. The molecule has 9 heteroatoms. The van der Waals surface area contributed by atoms with Crippen LogP contribution in [0.2, 0.25) is 5.02 Å². The molecule has 186 valence electrons. The molecule has 0 bridgehead atoms. The zero-order chi connectivity index (χ0) is 25.2. The first kappa shape index (κ1) is 24.6. The van der Waals surface area contributed by atoms with Gasteiger partial charge in [0.15, 0.2) is 11.0 Å². The fourth-order valence-electron chi connectivity index (χ4n) is 4.58. The van der Waals surface area contributed by atoms with Gasteiger partial charge in [-0.05, 0) is 78.8 Å². The Morgan fingerprint density at radius 1 is 1.14 bits per heavy atom. The lowest BCUT2D eigenvalue weighted by Gasteiger charge is -2.14. The van der Waals surface area contributed by atoms with E-state index >= 15 is 4.39 Å². The van der Waals surface area contributed by atoms with E-state index in [0.29, 0.717) is 27.5 Å². The van der Waals surface area contributed by atoms with Gasteiger partial charge in [-0.2, -0.15) is 0 Å². The van der Waals surface area contributed by atoms with Gasteiger partial charge in [-0.3, -0.25) is 4.72 Å². The third-order valence-electron chi connectivity index (χ3n) is 6.49. The highest BCUT2D eigenvalue weighted by atomic mass is 35.5. The Balaban J connectivity index is 1.40. The van der Waals surface area contributed by atoms with Gasteiger partial charge in [-0.15, -0.1) is 0 Å². The Hall–Kier alpha value is -3.07. The molecule has 4 aromatic rings. The zero-order valence-electron chi connectivity index (χ0n) is 19.8. The summed E-state index contributed by atoms with van der Waals surface area (Å²) in [5.74, 6) is 0.105. The molecule has 36 heavy (non-hydrogen) atoms. The van der Waals surface area contributed by atoms with Gasteiger partial charge in [-0.1, -0.05) is 36.7 Å². The number of benzene rings is 3. The molecule has 0 aliphatic heterocycles. The number of nitrogens with zero attached hydrogens (tertiary/aromatic N) is 2. The number of fused-ring (bicyclic) bond motifs is 1. The minimum absolute atomic E-state index is 0.138. The molecule has 5 rings (SSSR count). The van der Waals surface area contributed by atoms with Crippen LogP contribution in [0.1, 0.15) is 31.7 Å². The first-order valence-electron chi connectivity index (χ1n) is 12.0. The van der Waals surface area contributed by atoms with Crippen LogP contribution in [-0.2, 0) is 17.4 Å². The van der Waals surface area contributed by atoms with Crippen molar-refractivity contribution in [2.45, 2.75) is 49.6 Å². The Kier molecular flexibility index (Phi) is 7.18. The van der Waals surface area contributed by atoms with Crippen molar-refractivity contribution in [2.24, 2.45) is 5.73 Å². The fraction of sp³-hybridized carbons (Fsp3) is 0.259. The van der Waals surface area contributed by atoms with Crippen LogP contribution in [0.15, 0.2) is 65.7 Å². The monoisotopic (exact) mass is 523 g/mol. The summed E-state index contributed by atoms with van der Waals surface area (Å²) in [6.45, 7) is 2.07. The fourth-order valence-corrected chi connectivity index (χ4v) is 5.85. The standard InChI is InChI=1S/C27H27ClFN5OS/c1-2-16-11-18(12-19-15-31-27(33-26(16)19)32-21-9-8-20(30)14-21)17-7-10-24(23(29)13-17)34-36(35)25-6-4-3-5-22(25)28/h3-7,10-13,15,20-21,34H,2,8-9,14,30H2,1H3,(H,31,32,33)/t20-,21?,36?/m1/s1. The van der Waals surface area contributed by atoms with Crippen molar-refractivity contribution in [1.82, 2.24) is 9.97 Å². The van der Waals surface area contributed by atoms with Crippen molar-refractivity contribution in [3.63, 3.8) is 0 Å². The number of halogens is 2. The summed E-state index contributed by atoms with van der Waals surface area (Å²) >= 11 is 6.12. The molecule has 1 fully saturated rings. The molecular weight excluding hydrogens is 497 g/mol. The molecule has 3 atom stereocenters. The summed E-state index contributed by atoms with van der Waals surface area (Å²) in [5.41, 5.74) is 9.68. The van der Waals surface area contributed by atoms with Crippen LogP contribution in [0, 0.1) is 5.82 Å². The van der Waals surface area contributed by atoms with Crippen molar-refractivity contribution in [3.05, 3.63) is 77.2 Å². The predicted molar refractivity (Wildman–Crippen MR) is 145 cm³/mol. The number of hydrogen-bond acceptors (Lipinski definition) is 5. The number of anilines is 2. The number of aryl methyl sites for hydroxylation is 1. The molecule has 1 aromatic heterocycles. The highest BCUT2D eigenvalue weighted by molar-refractivity contribution is 7.86. The summed E-state index contributed by atoms with van der Waals surface area (Å²) < 4.78 is 30.4. The lowest BCUT2D eigenvalue weighted by molar-refractivity contribution is 0.632. The van der Waals surface area contributed by atoms with Crippen LogP contribution in [0.3, 0.4) is 0 Å². The van der Waals surface area contributed by atoms with E-state index < -0.39 is 16.8 Å². The third-order valence-corrected chi connectivity index (χ3v) is 8.09. The van der Waals surface area contributed by atoms with E-state index in [2.05, 4.69) is 21.9 Å². The number of rotatable bonds is 7. The SMILES string of the molecule is CCc1cc(-c2ccc(NS(=O)c3ccccc3Cl)c(F)c2)cc2cnc(NC3CC[C@@H](N)C3)nc12. The maximum atomic E-state index is 15.0. The summed E-state index contributed by atoms with van der Waals surface area (Å²) in [4.78, 5) is 9.69. The number of nitrogens with two attached hydrogens (primary N) is 1. The van der Waals surface area contributed by atoms with Crippen LogP contribution in [0.4, 0.5) is 16.0 Å². The van der Waals surface area contributed by atoms with Gasteiger partial charge in [0.1, 0.15) is 5.82 Å². The summed E-state index contributed by atoms with van der Waals surface area (Å²) in [7, 11) is -1.69. The van der Waals surface area contributed by atoms with Gasteiger partial charge in [0.05, 0.1) is 21.1 Å². The molecule has 0 amide bonds. The van der Waals surface area contributed by atoms with Crippen LogP contribution in [0.5, 0.6) is 0 Å². The van der Waals surface area contributed by atoms with E-state index in [1.807, 2.05) is 12.1 Å².